The van der Waals surface area contributed by atoms with E-state index in [4.69, 9.17) is 11.6 Å². The van der Waals surface area contributed by atoms with Crippen molar-refractivity contribution in [2.75, 3.05) is 27.2 Å². The first-order chi connectivity index (χ1) is 16.4. The molecule has 0 fully saturated rings. The molecule has 0 spiro atoms. The van der Waals surface area contributed by atoms with Crippen molar-refractivity contribution in [3.05, 3.63) is 107 Å². The third kappa shape index (κ3) is 5.85. The molecule has 1 aromatic heterocycles. The van der Waals surface area contributed by atoms with Crippen LogP contribution in [0.1, 0.15) is 29.0 Å². The van der Waals surface area contributed by atoms with Gasteiger partial charge in [0.25, 0.3) is 0 Å². The summed E-state index contributed by atoms with van der Waals surface area (Å²) in [6.45, 7) is 1.99. The Labute approximate surface area is 205 Å². The van der Waals surface area contributed by atoms with Crippen LogP contribution in [0.2, 0.25) is 5.02 Å². The molecule has 0 aliphatic heterocycles. The van der Waals surface area contributed by atoms with Gasteiger partial charge in [-0.05, 0) is 61.1 Å². The lowest BCUT2D eigenvalue weighted by Crippen LogP contribution is -2.32. The number of carbonyl (C=O) groups excluding carboxylic acids is 1. The minimum Gasteiger partial charge on any atom is -0.355 e. The zero-order valence-corrected chi connectivity index (χ0v) is 20.2. The van der Waals surface area contributed by atoms with Gasteiger partial charge in [0.15, 0.2) is 0 Å². The smallest absolute Gasteiger partial charge is 0.220 e. The van der Waals surface area contributed by atoms with Gasteiger partial charge in [0.2, 0.25) is 5.91 Å². The second kappa shape index (κ2) is 10.9. The van der Waals surface area contributed by atoms with E-state index in [-0.39, 0.29) is 17.6 Å². The summed E-state index contributed by atoms with van der Waals surface area (Å²) in [7, 11) is 3.97. The highest BCUT2D eigenvalue weighted by molar-refractivity contribution is 6.30. The first-order valence-corrected chi connectivity index (χ1v) is 11.8. The van der Waals surface area contributed by atoms with Gasteiger partial charge < -0.3 is 14.8 Å². The van der Waals surface area contributed by atoms with Gasteiger partial charge in [-0.3, -0.25) is 4.79 Å². The van der Waals surface area contributed by atoms with Gasteiger partial charge in [-0.15, -0.1) is 0 Å². The minimum atomic E-state index is -0.247. The number of likely N-dealkylation sites (N-methyl/N-ethyl adjacent to an activating group) is 1. The van der Waals surface area contributed by atoms with Gasteiger partial charge >= 0.3 is 0 Å². The van der Waals surface area contributed by atoms with Gasteiger partial charge in [0.1, 0.15) is 5.82 Å². The van der Waals surface area contributed by atoms with E-state index >= 15 is 0 Å². The van der Waals surface area contributed by atoms with E-state index in [1.54, 1.807) is 12.1 Å². The Kier molecular flexibility index (Phi) is 7.66. The second-order valence-electron chi connectivity index (χ2n) is 8.82. The predicted molar refractivity (Wildman–Crippen MR) is 137 cm³/mol. The average molecular weight is 478 g/mol. The third-order valence-corrected chi connectivity index (χ3v) is 6.22. The molecule has 0 radical (unpaired) electrons. The van der Waals surface area contributed by atoms with Crippen molar-refractivity contribution in [3.8, 4) is 0 Å². The van der Waals surface area contributed by atoms with Crippen LogP contribution in [0.3, 0.4) is 0 Å². The highest BCUT2D eigenvalue weighted by Crippen LogP contribution is 2.36. The van der Waals surface area contributed by atoms with Gasteiger partial charge in [0.05, 0.1) is 0 Å². The number of hydrogen-bond acceptors (Lipinski definition) is 2. The highest BCUT2D eigenvalue weighted by Gasteiger charge is 2.23. The van der Waals surface area contributed by atoms with Crippen LogP contribution < -0.4 is 5.32 Å². The molecule has 6 heteroatoms. The molecule has 0 aliphatic carbocycles. The van der Waals surface area contributed by atoms with Crippen molar-refractivity contribution in [1.29, 1.82) is 0 Å². The van der Waals surface area contributed by atoms with E-state index in [0.29, 0.717) is 24.5 Å². The molecule has 0 saturated carbocycles. The Hall–Kier alpha value is -3.15. The number of carbonyl (C=O) groups is 1. The van der Waals surface area contributed by atoms with Crippen LogP contribution in [0.15, 0.2) is 79.0 Å². The van der Waals surface area contributed by atoms with E-state index in [1.165, 1.54) is 12.1 Å². The lowest BCUT2D eigenvalue weighted by Gasteiger charge is -2.18. The number of rotatable bonds is 9. The molecule has 0 bridgehead atoms. The Balaban J connectivity index is 1.71. The highest BCUT2D eigenvalue weighted by atomic mass is 35.5. The van der Waals surface area contributed by atoms with Crippen LogP contribution in [0.25, 0.3) is 10.9 Å². The summed E-state index contributed by atoms with van der Waals surface area (Å²) in [6, 6.07) is 22.5. The number of para-hydroxylation sites is 1. The summed E-state index contributed by atoms with van der Waals surface area (Å²) in [5.41, 5.74) is 4.15. The summed E-state index contributed by atoms with van der Waals surface area (Å²) in [6.07, 6.45) is 2.44. The van der Waals surface area contributed by atoms with Gasteiger partial charge in [-0.2, -0.15) is 0 Å². The number of nitrogens with one attached hydrogen (secondary N) is 1. The molecule has 34 heavy (non-hydrogen) atoms. The van der Waals surface area contributed by atoms with Crippen molar-refractivity contribution >= 4 is 28.4 Å². The fourth-order valence-corrected chi connectivity index (χ4v) is 4.48. The van der Waals surface area contributed by atoms with Gasteiger partial charge in [-0.1, -0.05) is 54.1 Å². The Bertz CT molecular complexity index is 1270. The van der Waals surface area contributed by atoms with E-state index in [0.717, 1.165) is 34.1 Å². The van der Waals surface area contributed by atoms with E-state index < -0.39 is 0 Å². The van der Waals surface area contributed by atoms with Crippen molar-refractivity contribution in [3.63, 3.8) is 0 Å². The van der Waals surface area contributed by atoms with Crippen molar-refractivity contribution in [2.24, 2.45) is 0 Å². The Morgan fingerprint density at radius 1 is 1.06 bits per heavy atom. The second-order valence-corrected chi connectivity index (χ2v) is 9.26. The maximum Gasteiger partial charge on any atom is 0.220 e. The van der Waals surface area contributed by atoms with Crippen LogP contribution >= 0.6 is 11.6 Å². The van der Waals surface area contributed by atoms with Crippen LogP contribution in [0, 0.1) is 5.82 Å². The van der Waals surface area contributed by atoms with Gasteiger partial charge in [-0.25, -0.2) is 4.39 Å². The molecule has 1 amide bonds. The van der Waals surface area contributed by atoms with E-state index in [9.17, 15) is 9.18 Å². The number of halogens is 2. The zero-order valence-electron chi connectivity index (χ0n) is 19.5. The number of nitrogens with zero attached hydrogens (tertiary/aromatic N) is 2. The fraction of sp³-hybridized carbons (Fsp3) is 0.250. The van der Waals surface area contributed by atoms with Gasteiger partial charge in [0, 0.05) is 54.1 Å². The fourth-order valence-electron chi connectivity index (χ4n) is 4.28. The number of amides is 1. The molecule has 0 aliphatic rings. The summed E-state index contributed by atoms with van der Waals surface area (Å²) < 4.78 is 15.6. The molecular weight excluding hydrogens is 449 g/mol. The average Bonchev–Trinajstić information content (AvgIpc) is 3.17. The van der Waals surface area contributed by atoms with Crippen LogP contribution in [0.4, 0.5) is 4.39 Å². The third-order valence-electron chi connectivity index (χ3n) is 5.98. The Morgan fingerprint density at radius 2 is 1.82 bits per heavy atom. The molecule has 1 unspecified atom stereocenters. The normalized spacial score (nSPS) is 12.3. The number of benzene rings is 3. The first-order valence-electron chi connectivity index (χ1n) is 11.4. The predicted octanol–water partition coefficient (Wildman–Crippen LogP) is 5.68. The van der Waals surface area contributed by atoms with Crippen LogP contribution in [0.5, 0.6) is 0 Å². The van der Waals surface area contributed by atoms with Crippen LogP contribution in [-0.2, 0) is 11.3 Å². The van der Waals surface area contributed by atoms with E-state index in [1.807, 2.05) is 55.4 Å². The molecule has 4 nitrogen and oxygen atoms in total. The topological polar surface area (TPSA) is 37.3 Å². The number of fused-ring (bicyclic) bond motifs is 1. The maximum atomic E-state index is 13.4. The molecule has 1 heterocycles. The summed E-state index contributed by atoms with van der Waals surface area (Å²) in [4.78, 5) is 15.0. The molecule has 1 atom stereocenters. The molecular formula is C28H29ClFN3O. The standard InChI is InChI=1S/C28H29ClFN3O/c1-32(2)15-14-31-28(34)17-25(21-6-5-7-22(29)16-21)26-19-33(27-9-4-3-8-24(26)27)18-20-10-12-23(30)13-11-20/h3-13,16,19,25H,14-15,17-18H2,1-2H3,(H,31,34). The molecule has 0 saturated heterocycles. The Morgan fingerprint density at radius 3 is 2.56 bits per heavy atom. The lowest BCUT2D eigenvalue weighted by atomic mass is 9.88. The lowest BCUT2D eigenvalue weighted by molar-refractivity contribution is -0.121. The van der Waals surface area contributed by atoms with Crippen molar-refractivity contribution < 1.29 is 9.18 Å². The number of aromatic nitrogens is 1. The number of hydrogen-bond donors (Lipinski definition) is 1. The largest absolute Gasteiger partial charge is 0.355 e. The van der Waals surface area contributed by atoms with Crippen LogP contribution in [-0.4, -0.2) is 42.6 Å². The van der Waals surface area contributed by atoms with E-state index in [2.05, 4.69) is 28.2 Å². The van der Waals surface area contributed by atoms with Crippen molar-refractivity contribution in [2.45, 2.75) is 18.9 Å². The first kappa shape index (κ1) is 24.0. The SMILES string of the molecule is CN(C)CCNC(=O)CC(c1cccc(Cl)c1)c1cn(Cc2ccc(F)cc2)c2ccccc12. The maximum absolute atomic E-state index is 13.4. The summed E-state index contributed by atoms with van der Waals surface area (Å²) >= 11 is 6.33. The quantitative estimate of drug-likeness (QED) is 0.336. The minimum absolute atomic E-state index is 0.00203. The monoisotopic (exact) mass is 477 g/mol. The molecule has 176 valence electrons. The molecule has 3 aromatic carbocycles. The summed E-state index contributed by atoms with van der Waals surface area (Å²) in [5.74, 6) is -0.400. The zero-order chi connectivity index (χ0) is 24.1. The molecule has 1 N–H and O–H groups in total. The molecule has 4 rings (SSSR count). The molecule has 4 aromatic rings. The van der Waals surface area contributed by atoms with Crippen molar-refractivity contribution in [1.82, 2.24) is 14.8 Å². The summed E-state index contributed by atoms with van der Waals surface area (Å²) in [5, 5.41) is 4.78.